The molecular formula is C21H14F6N6OS. The van der Waals surface area contributed by atoms with Gasteiger partial charge in [0, 0.05) is 12.4 Å². The lowest BCUT2D eigenvalue weighted by Gasteiger charge is -2.20. The van der Waals surface area contributed by atoms with Crippen LogP contribution in [0.5, 0.6) is 0 Å². The summed E-state index contributed by atoms with van der Waals surface area (Å²) in [5.74, 6) is -0.623. The zero-order valence-corrected chi connectivity index (χ0v) is 18.4. The second-order valence-corrected chi connectivity index (χ2v) is 8.24. The SMILES string of the molecule is CC(c1ccc(C(F)(F)F)cc1C(F)(F)F)n1cc(NC(=O)c2nnc(-c3ccccn3)s2)cn1. The van der Waals surface area contributed by atoms with E-state index in [1.165, 1.54) is 19.3 Å². The van der Waals surface area contributed by atoms with E-state index in [4.69, 9.17) is 0 Å². The number of aromatic nitrogens is 5. The van der Waals surface area contributed by atoms with Crippen LogP contribution in [0.4, 0.5) is 32.0 Å². The van der Waals surface area contributed by atoms with Crippen LogP contribution in [0.2, 0.25) is 0 Å². The molecular weight excluding hydrogens is 498 g/mol. The van der Waals surface area contributed by atoms with E-state index < -0.39 is 41.0 Å². The highest BCUT2D eigenvalue weighted by Crippen LogP contribution is 2.39. The lowest BCUT2D eigenvalue weighted by Crippen LogP contribution is -2.17. The number of alkyl halides is 6. The number of halogens is 6. The second-order valence-electron chi connectivity index (χ2n) is 7.26. The quantitative estimate of drug-likeness (QED) is 0.347. The molecule has 0 spiro atoms. The Morgan fingerprint density at radius 1 is 1.06 bits per heavy atom. The van der Waals surface area contributed by atoms with E-state index in [-0.39, 0.29) is 16.8 Å². The molecule has 0 saturated heterocycles. The third-order valence-corrected chi connectivity index (χ3v) is 5.84. The fourth-order valence-corrected chi connectivity index (χ4v) is 3.91. The Bertz CT molecular complexity index is 1350. The van der Waals surface area contributed by atoms with Gasteiger partial charge in [-0.2, -0.15) is 31.4 Å². The van der Waals surface area contributed by atoms with Gasteiger partial charge in [-0.15, -0.1) is 10.2 Å². The molecule has 3 aromatic heterocycles. The highest BCUT2D eigenvalue weighted by molar-refractivity contribution is 7.16. The van der Waals surface area contributed by atoms with E-state index in [9.17, 15) is 31.1 Å². The maximum atomic E-state index is 13.5. The fourth-order valence-electron chi connectivity index (χ4n) is 3.19. The Hall–Kier alpha value is -3.81. The van der Waals surface area contributed by atoms with Gasteiger partial charge in [0.15, 0.2) is 5.01 Å². The minimum Gasteiger partial charge on any atom is -0.317 e. The van der Waals surface area contributed by atoms with Gasteiger partial charge in [-0.05, 0) is 36.8 Å². The first-order chi connectivity index (χ1) is 16.4. The van der Waals surface area contributed by atoms with Crippen molar-refractivity contribution < 1.29 is 31.1 Å². The summed E-state index contributed by atoms with van der Waals surface area (Å²) in [5, 5.41) is 14.6. The van der Waals surface area contributed by atoms with Gasteiger partial charge in [-0.1, -0.05) is 23.5 Å². The van der Waals surface area contributed by atoms with Crippen molar-refractivity contribution in [1.82, 2.24) is 25.0 Å². The predicted octanol–water partition coefficient (Wildman–Crippen LogP) is 5.70. The maximum Gasteiger partial charge on any atom is 0.416 e. The molecule has 1 atom stereocenters. The van der Waals surface area contributed by atoms with E-state index in [1.54, 1.807) is 24.4 Å². The summed E-state index contributed by atoms with van der Waals surface area (Å²) in [4.78, 5) is 16.6. The highest BCUT2D eigenvalue weighted by atomic mass is 32.1. The van der Waals surface area contributed by atoms with Crippen LogP contribution < -0.4 is 5.32 Å². The zero-order chi connectivity index (χ0) is 25.4. The lowest BCUT2D eigenvalue weighted by molar-refractivity contribution is -0.143. The summed E-state index contributed by atoms with van der Waals surface area (Å²) in [6.45, 7) is 1.35. The third-order valence-electron chi connectivity index (χ3n) is 4.90. The second kappa shape index (κ2) is 9.09. The molecule has 0 fully saturated rings. The molecule has 0 radical (unpaired) electrons. The number of nitrogens with one attached hydrogen (secondary N) is 1. The fraction of sp³-hybridized carbons (Fsp3) is 0.190. The predicted molar refractivity (Wildman–Crippen MR) is 114 cm³/mol. The average molecular weight is 512 g/mol. The summed E-state index contributed by atoms with van der Waals surface area (Å²) in [6, 6.07) is 5.52. The molecule has 35 heavy (non-hydrogen) atoms. The Balaban J connectivity index is 1.54. The van der Waals surface area contributed by atoms with E-state index in [0.29, 0.717) is 16.8 Å². The summed E-state index contributed by atoms with van der Waals surface area (Å²) >= 11 is 0.990. The van der Waals surface area contributed by atoms with E-state index in [1.807, 2.05) is 0 Å². The number of anilines is 1. The topological polar surface area (TPSA) is 85.6 Å². The number of pyridine rings is 1. The van der Waals surface area contributed by atoms with Crippen molar-refractivity contribution in [2.24, 2.45) is 0 Å². The van der Waals surface area contributed by atoms with Crippen molar-refractivity contribution in [3.05, 3.63) is 76.7 Å². The summed E-state index contributed by atoms with van der Waals surface area (Å²) in [7, 11) is 0. The molecule has 7 nitrogen and oxygen atoms in total. The van der Waals surface area contributed by atoms with Gasteiger partial charge in [0.25, 0.3) is 5.91 Å². The Morgan fingerprint density at radius 2 is 1.83 bits per heavy atom. The van der Waals surface area contributed by atoms with Crippen LogP contribution in [-0.4, -0.2) is 30.9 Å². The van der Waals surface area contributed by atoms with Crippen LogP contribution in [0.1, 0.15) is 39.5 Å². The molecule has 1 unspecified atom stereocenters. The number of carbonyl (C=O) groups excluding carboxylic acids is 1. The molecule has 3 heterocycles. The van der Waals surface area contributed by atoms with Crippen LogP contribution in [0.3, 0.4) is 0 Å². The van der Waals surface area contributed by atoms with Crippen molar-refractivity contribution in [2.75, 3.05) is 5.32 Å². The molecule has 4 aromatic rings. The van der Waals surface area contributed by atoms with Crippen LogP contribution >= 0.6 is 11.3 Å². The monoisotopic (exact) mass is 512 g/mol. The summed E-state index contributed by atoms with van der Waals surface area (Å²) < 4.78 is 80.5. The van der Waals surface area contributed by atoms with Crippen LogP contribution in [-0.2, 0) is 12.4 Å². The molecule has 0 aliphatic rings. The number of carbonyl (C=O) groups is 1. The average Bonchev–Trinajstić information content (AvgIpc) is 3.48. The molecule has 0 aliphatic carbocycles. The number of hydrogen-bond acceptors (Lipinski definition) is 6. The number of rotatable bonds is 5. The van der Waals surface area contributed by atoms with Gasteiger partial charge in [0.05, 0.1) is 29.1 Å². The van der Waals surface area contributed by atoms with E-state index >= 15 is 0 Å². The van der Waals surface area contributed by atoms with Crippen molar-refractivity contribution >= 4 is 22.9 Å². The van der Waals surface area contributed by atoms with Gasteiger partial charge in [0.2, 0.25) is 5.01 Å². The van der Waals surface area contributed by atoms with Crippen molar-refractivity contribution in [2.45, 2.75) is 25.3 Å². The molecule has 0 aliphatic heterocycles. The highest BCUT2D eigenvalue weighted by Gasteiger charge is 2.39. The third kappa shape index (κ3) is 5.31. The Morgan fingerprint density at radius 3 is 2.49 bits per heavy atom. The lowest BCUT2D eigenvalue weighted by atomic mass is 9.98. The maximum absolute atomic E-state index is 13.5. The molecule has 4 rings (SSSR count). The van der Waals surface area contributed by atoms with Crippen molar-refractivity contribution in [1.29, 1.82) is 0 Å². The molecule has 0 bridgehead atoms. The van der Waals surface area contributed by atoms with Gasteiger partial charge in [0.1, 0.15) is 5.69 Å². The first kappa shape index (κ1) is 24.3. The van der Waals surface area contributed by atoms with E-state index in [0.717, 1.165) is 22.1 Å². The molecule has 1 aromatic carbocycles. The number of amides is 1. The minimum atomic E-state index is -5.02. The first-order valence-electron chi connectivity index (χ1n) is 9.82. The van der Waals surface area contributed by atoms with Crippen LogP contribution in [0.15, 0.2) is 55.0 Å². The minimum absolute atomic E-state index is 0.0218. The summed E-state index contributed by atoms with van der Waals surface area (Å²) in [5.41, 5.74) is -2.55. The zero-order valence-electron chi connectivity index (χ0n) is 17.6. The van der Waals surface area contributed by atoms with Crippen LogP contribution in [0.25, 0.3) is 10.7 Å². The van der Waals surface area contributed by atoms with Crippen LogP contribution in [0, 0.1) is 0 Å². The normalized spacial score (nSPS) is 13.0. The molecule has 14 heteroatoms. The Labute approximate surface area is 197 Å². The smallest absolute Gasteiger partial charge is 0.317 e. The number of benzene rings is 1. The van der Waals surface area contributed by atoms with Gasteiger partial charge in [-0.3, -0.25) is 14.5 Å². The van der Waals surface area contributed by atoms with Gasteiger partial charge < -0.3 is 5.32 Å². The van der Waals surface area contributed by atoms with Crippen molar-refractivity contribution in [3.8, 4) is 10.7 Å². The standard InChI is InChI=1S/C21H14F6N6OS/c1-11(14-6-5-12(20(22,23)24)8-15(14)21(25,26)27)33-10-13(9-29-33)30-17(34)19-32-31-18(35-19)16-4-2-3-7-28-16/h2-11H,1H3,(H,30,34). The molecule has 1 amide bonds. The van der Waals surface area contributed by atoms with Gasteiger partial charge in [-0.25, -0.2) is 0 Å². The molecule has 1 N–H and O–H groups in total. The Kier molecular flexibility index (Phi) is 6.32. The summed E-state index contributed by atoms with van der Waals surface area (Å²) in [6.07, 6.45) is -5.91. The first-order valence-corrected chi connectivity index (χ1v) is 10.6. The molecule has 0 saturated carbocycles. The van der Waals surface area contributed by atoms with Crippen molar-refractivity contribution in [3.63, 3.8) is 0 Å². The van der Waals surface area contributed by atoms with E-state index in [2.05, 4.69) is 25.6 Å². The van der Waals surface area contributed by atoms with Gasteiger partial charge >= 0.3 is 12.4 Å². The number of hydrogen-bond donors (Lipinski definition) is 1. The molecule has 182 valence electrons. The number of nitrogens with zero attached hydrogens (tertiary/aromatic N) is 5. The largest absolute Gasteiger partial charge is 0.416 e.